The molecular weight excluding hydrogens is 220 g/mol. The Labute approximate surface area is 96.3 Å². The normalized spacial score (nSPS) is 9.82. The number of nitrogens with zero attached hydrogens (tertiary/aromatic N) is 4. The van der Waals surface area contributed by atoms with Crippen molar-refractivity contribution in [2.75, 3.05) is 5.73 Å². The van der Waals surface area contributed by atoms with Gasteiger partial charge in [-0.3, -0.25) is 4.79 Å². The van der Waals surface area contributed by atoms with Crippen LogP contribution in [0, 0.1) is 11.3 Å². The predicted molar refractivity (Wildman–Crippen MR) is 59.0 cm³/mol. The van der Waals surface area contributed by atoms with E-state index in [2.05, 4.69) is 10.1 Å². The van der Waals surface area contributed by atoms with E-state index in [1.54, 1.807) is 6.07 Å². The molecule has 0 aliphatic rings. The number of nitriles is 1. The van der Waals surface area contributed by atoms with Gasteiger partial charge in [0.05, 0.1) is 17.6 Å². The zero-order chi connectivity index (χ0) is 12.4. The topological polar surface area (TPSA) is 124 Å². The molecule has 0 saturated heterocycles. The van der Waals surface area contributed by atoms with Crippen molar-refractivity contribution in [3.8, 4) is 11.8 Å². The maximum atomic E-state index is 11.0. The highest BCUT2D eigenvalue weighted by Crippen LogP contribution is 2.13. The Morgan fingerprint density at radius 2 is 2.29 bits per heavy atom. The first kappa shape index (κ1) is 10.6. The van der Waals surface area contributed by atoms with Crippen molar-refractivity contribution >= 4 is 11.6 Å². The first-order valence-electron chi connectivity index (χ1n) is 4.63. The summed E-state index contributed by atoms with van der Waals surface area (Å²) in [7, 11) is 0. The van der Waals surface area contributed by atoms with Gasteiger partial charge in [0.2, 0.25) is 0 Å². The van der Waals surface area contributed by atoms with Gasteiger partial charge in [-0.25, -0.2) is 9.67 Å². The number of rotatable bonds is 2. The molecule has 0 saturated carbocycles. The maximum absolute atomic E-state index is 11.0. The van der Waals surface area contributed by atoms with Crippen LogP contribution in [-0.4, -0.2) is 20.7 Å². The Balaban J connectivity index is 2.50. The third-order valence-corrected chi connectivity index (χ3v) is 2.10. The van der Waals surface area contributed by atoms with Crippen LogP contribution in [0.25, 0.3) is 5.69 Å². The fourth-order valence-electron chi connectivity index (χ4n) is 1.33. The number of primary amides is 1. The Kier molecular flexibility index (Phi) is 2.46. The molecule has 2 rings (SSSR count). The van der Waals surface area contributed by atoms with Gasteiger partial charge in [0.15, 0.2) is 5.69 Å². The van der Waals surface area contributed by atoms with Crippen LogP contribution in [-0.2, 0) is 0 Å². The van der Waals surface area contributed by atoms with Gasteiger partial charge < -0.3 is 11.5 Å². The summed E-state index contributed by atoms with van der Waals surface area (Å²) in [6.07, 6.45) is 2.92. The summed E-state index contributed by atoms with van der Waals surface area (Å²) in [6, 6.07) is 5.07. The van der Waals surface area contributed by atoms with Crippen LogP contribution in [0.1, 0.15) is 16.2 Å². The highest BCUT2D eigenvalue weighted by molar-refractivity contribution is 5.95. The average molecular weight is 228 g/mol. The molecule has 2 aromatic heterocycles. The lowest BCUT2D eigenvalue weighted by Gasteiger charge is -1.99. The number of aromatic nitrogens is 3. The Morgan fingerprint density at radius 1 is 1.53 bits per heavy atom. The van der Waals surface area contributed by atoms with E-state index in [9.17, 15) is 4.79 Å². The zero-order valence-corrected chi connectivity index (χ0v) is 8.66. The van der Waals surface area contributed by atoms with Gasteiger partial charge in [0.1, 0.15) is 11.8 Å². The van der Waals surface area contributed by atoms with E-state index in [4.69, 9.17) is 16.7 Å². The lowest BCUT2D eigenvalue weighted by molar-refractivity contribution is 0.0996. The molecule has 0 atom stereocenters. The summed E-state index contributed by atoms with van der Waals surface area (Å²) in [5, 5.41) is 12.7. The molecule has 0 bridgehead atoms. The predicted octanol–water partition coefficient (Wildman–Crippen LogP) is -0.180. The van der Waals surface area contributed by atoms with E-state index in [1.807, 2.05) is 6.07 Å². The number of pyridine rings is 1. The minimum atomic E-state index is -0.698. The van der Waals surface area contributed by atoms with Crippen molar-refractivity contribution in [3.63, 3.8) is 0 Å². The molecule has 17 heavy (non-hydrogen) atoms. The van der Waals surface area contributed by atoms with Gasteiger partial charge in [-0.2, -0.15) is 10.4 Å². The van der Waals surface area contributed by atoms with Gasteiger partial charge in [0, 0.05) is 12.3 Å². The smallest absolute Gasteiger partial charge is 0.271 e. The number of nitrogen functional groups attached to an aromatic ring is 1. The van der Waals surface area contributed by atoms with Crippen molar-refractivity contribution in [3.05, 3.63) is 35.9 Å². The van der Waals surface area contributed by atoms with Crippen LogP contribution in [0.3, 0.4) is 0 Å². The lowest BCUT2D eigenvalue weighted by Crippen LogP contribution is -2.14. The second-order valence-electron chi connectivity index (χ2n) is 3.25. The molecule has 0 spiro atoms. The van der Waals surface area contributed by atoms with Gasteiger partial charge >= 0.3 is 0 Å². The van der Waals surface area contributed by atoms with Gasteiger partial charge in [-0.05, 0) is 6.07 Å². The molecule has 0 aliphatic carbocycles. The minimum Gasteiger partial charge on any atom is -0.396 e. The first-order valence-corrected chi connectivity index (χ1v) is 4.63. The molecule has 84 valence electrons. The molecule has 4 N–H and O–H groups in total. The Hall–Kier alpha value is -2.88. The zero-order valence-electron chi connectivity index (χ0n) is 8.66. The summed E-state index contributed by atoms with van der Waals surface area (Å²) >= 11 is 0. The van der Waals surface area contributed by atoms with Gasteiger partial charge in [-0.15, -0.1) is 0 Å². The maximum Gasteiger partial charge on any atom is 0.271 e. The summed E-state index contributed by atoms with van der Waals surface area (Å²) in [5.41, 5.74) is 11.7. The van der Waals surface area contributed by atoms with Crippen LogP contribution in [0.2, 0.25) is 0 Å². The number of hydrogen-bond acceptors (Lipinski definition) is 5. The van der Waals surface area contributed by atoms with Crippen LogP contribution >= 0.6 is 0 Å². The van der Waals surface area contributed by atoms with Crippen molar-refractivity contribution in [1.29, 1.82) is 5.26 Å². The standard InChI is InChI=1S/C10H8N6O/c11-4-6-3-7(1-2-14-6)16-5-8(12)9(15-16)10(13)17/h1-3,5H,12H2,(H2,13,17). The average Bonchev–Trinajstić information content (AvgIpc) is 2.71. The number of nitrogens with two attached hydrogens (primary N) is 2. The van der Waals surface area contributed by atoms with Crippen LogP contribution < -0.4 is 11.5 Å². The largest absolute Gasteiger partial charge is 0.396 e. The Bertz CT molecular complexity index is 624. The van der Waals surface area contributed by atoms with Crippen LogP contribution in [0.5, 0.6) is 0 Å². The summed E-state index contributed by atoms with van der Waals surface area (Å²) in [4.78, 5) is 14.8. The molecule has 2 heterocycles. The third-order valence-electron chi connectivity index (χ3n) is 2.10. The molecular formula is C10H8N6O. The van der Waals surface area contributed by atoms with Crippen molar-refractivity contribution in [2.45, 2.75) is 0 Å². The molecule has 0 fully saturated rings. The van der Waals surface area contributed by atoms with Crippen molar-refractivity contribution in [2.24, 2.45) is 5.73 Å². The first-order chi connectivity index (χ1) is 8.11. The second kappa shape index (κ2) is 3.94. The molecule has 1 amide bonds. The van der Waals surface area contributed by atoms with E-state index in [-0.39, 0.29) is 17.1 Å². The Morgan fingerprint density at radius 3 is 2.88 bits per heavy atom. The van der Waals surface area contributed by atoms with Gasteiger partial charge in [0.25, 0.3) is 5.91 Å². The molecule has 0 unspecified atom stereocenters. The van der Waals surface area contributed by atoms with Crippen LogP contribution in [0.4, 0.5) is 5.69 Å². The summed E-state index contributed by atoms with van der Waals surface area (Å²) in [6.45, 7) is 0. The monoisotopic (exact) mass is 228 g/mol. The second-order valence-corrected chi connectivity index (χ2v) is 3.25. The highest BCUT2D eigenvalue weighted by atomic mass is 16.1. The summed E-state index contributed by atoms with van der Waals surface area (Å²) in [5.74, 6) is -0.698. The minimum absolute atomic E-state index is 0.000296. The van der Waals surface area contributed by atoms with Crippen LogP contribution in [0.15, 0.2) is 24.5 Å². The van der Waals surface area contributed by atoms with Gasteiger partial charge in [-0.1, -0.05) is 0 Å². The van der Waals surface area contributed by atoms with E-state index in [1.165, 1.54) is 23.1 Å². The SMILES string of the molecule is N#Cc1cc(-n2cc(N)c(C(N)=O)n2)ccn1. The molecule has 0 aromatic carbocycles. The van der Waals surface area contributed by atoms with E-state index < -0.39 is 5.91 Å². The van der Waals surface area contributed by atoms with E-state index in [0.717, 1.165) is 0 Å². The lowest BCUT2D eigenvalue weighted by atomic mass is 10.3. The number of carbonyl (C=O) groups excluding carboxylic acids is 1. The number of hydrogen-bond donors (Lipinski definition) is 2. The van der Waals surface area contributed by atoms with Crippen molar-refractivity contribution in [1.82, 2.24) is 14.8 Å². The molecule has 0 radical (unpaired) electrons. The number of amides is 1. The number of carbonyl (C=O) groups is 1. The molecule has 0 aliphatic heterocycles. The quantitative estimate of drug-likeness (QED) is 0.737. The summed E-state index contributed by atoms with van der Waals surface area (Å²) < 4.78 is 1.37. The van der Waals surface area contributed by atoms with E-state index in [0.29, 0.717) is 5.69 Å². The van der Waals surface area contributed by atoms with Crippen molar-refractivity contribution < 1.29 is 4.79 Å². The highest BCUT2D eigenvalue weighted by Gasteiger charge is 2.12. The van der Waals surface area contributed by atoms with E-state index >= 15 is 0 Å². The number of anilines is 1. The molecule has 7 nitrogen and oxygen atoms in total. The molecule has 2 aromatic rings. The fourth-order valence-corrected chi connectivity index (χ4v) is 1.33. The third kappa shape index (κ3) is 1.91. The fraction of sp³-hybridized carbons (Fsp3) is 0. The molecule has 7 heteroatoms.